The van der Waals surface area contributed by atoms with Gasteiger partial charge in [0.05, 0.1) is 26.4 Å². The highest BCUT2D eigenvalue weighted by Gasteiger charge is 2.13. The molecule has 0 saturated carbocycles. The van der Waals surface area contributed by atoms with Gasteiger partial charge in [-0.1, -0.05) is 0 Å². The quantitative estimate of drug-likeness (QED) is 0.592. The molecule has 0 radical (unpaired) electrons. The van der Waals surface area contributed by atoms with Crippen LogP contribution in [0.2, 0.25) is 0 Å². The lowest BCUT2D eigenvalue weighted by Gasteiger charge is -2.28. The van der Waals surface area contributed by atoms with E-state index in [4.69, 9.17) is 14.6 Å². The number of aliphatic hydroxyl groups is 1. The normalized spacial score (nSPS) is 20.8. The van der Waals surface area contributed by atoms with Gasteiger partial charge in [0.1, 0.15) is 6.23 Å². The summed E-state index contributed by atoms with van der Waals surface area (Å²) < 4.78 is 10.8. The molecule has 0 bridgehead atoms. The average Bonchev–Trinajstić information content (AvgIpc) is 2.25. The minimum absolute atomic E-state index is 0.0378. The molecular formula is C10H22N2O3. The highest BCUT2D eigenvalue weighted by molar-refractivity contribution is 4.61. The smallest absolute Gasteiger partial charge is 0.133 e. The SMILES string of the molecule is CN(C)C(CO)OCCN1CCOCC1. The monoisotopic (exact) mass is 218 g/mol. The van der Waals surface area contributed by atoms with Crippen molar-refractivity contribution in [3.63, 3.8) is 0 Å². The Kier molecular flexibility index (Phi) is 6.12. The van der Waals surface area contributed by atoms with Crippen molar-refractivity contribution in [2.75, 3.05) is 60.2 Å². The number of hydrogen-bond acceptors (Lipinski definition) is 5. The van der Waals surface area contributed by atoms with E-state index in [2.05, 4.69) is 4.90 Å². The Labute approximate surface area is 91.6 Å². The zero-order valence-electron chi connectivity index (χ0n) is 9.69. The van der Waals surface area contributed by atoms with Gasteiger partial charge in [0.2, 0.25) is 0 Å². The Morgan fingerprint density at radius 2 is 2.07 bits per heavy atom. The summed E-state index contributed by atoms with van der Waals surface area (Å²) in [4.78, 5) is 4.19. The predicted octanol–water partition coefficient (Wildman–Crippen LogP) is -0.785. The minimum atomic E-state index is -0.189. The fourth-order valence-corrected chi connectivity index (χ4v) is 1.51. The van der Waals surface area contributed by atoms with Gasteiger partial charge in [0, 0.05) is 19.6 Å². The maximum absolute atomic E-state index is 9.03. The first kappa shape index (κ1) is 12.9. The van der Waals surface area contributed by atoms with E-state index in [-0.39, 0.29) is 12.8 Å². The molecule has 0 spiro atoms. The third-order valence-electron chi connectivity index (χ3n) is 2.55. The molecule has 1 saturated heterocycles. The largest absolute Gasteiger partial charge is 0.392 e. The second kappa shape index (κ2) is 7.14. The fourth-order valence-electron chi connectivity index (χ4n) is 1.51. The zero-order valence-corrected chi connectivity index (χ0v) is 9.69. The number of morpholine rings is 1. The van der Waals surface area contributed by atoms with E-state index in [0.29, 0.717) is 6.61 Å². The maximum atomic E-state index is 9.03. The Balaban J connectivity index is 2.08. The van der Waals surface area contributed by atoms with Crippen LogP contribution < -0.4 is 0 Å². The van der Waals surface area contributed by atoms with Gasteiger partial charge in [-0.15, -0.1) is 0 Å². The van der Waals surface area contributed by atoms with Crippen LogP contribution in [0.5, 0.6) is 0 Å². The Morgan fingerprint density at radius 3 is 2.60 bits per heavy atom. The van der Waals surface area contributed by atoms with E-state index >= 15 is 0 Å². The van der Waals surface area contributed by atoms with Crippen LogP contribution in [0.1, 0.15) is 0 Å². The lowest BCUT2D eigenvalue weighted by atomic mass is 10.4. The van der Waals surface area contributed by atoms with Crippen LogP contribution in [-0.4, -0.2) is 81.3 Å². The summed E-state index contributed by atoms with van der Waals surface area (Å²) in [6, 6.07) is 0. The summed E-state index contributed by atoms with van der Waals surface area (Å²) in [7, 11) is 3.80. The number of rotatable bonds is 6. The van der Waals surface area contributed by atoms with E-state index in [0.717, 1.165) is 32.8 Å². The lowest BCUT2D eigenvalue weighted by molar-refractivity contribution is -0.0758. The van der Waals surface area contributed by atoms with Crippen LogP contribution in [-0.2, 0) is 9.47 Å². The highest BCUT2D eigenvalue weighted by Crippen LogP contribution is 1.98. The summed E-state index contributed by atoms with van der Waals surface area (Å²) in [5.74, 6) is 0. The molecule has 0 aromatic heterocycles. The van der Waals surface area contributed by atoms with E-state index in [1.165, 1.54) is 0 Å². The molecule has 1 atom stereocenters. The van der Waals surface area contributed by atoms with Gasteiger partial charge in [-0.05, 0) is 14.1 Å². The third kappa shape index (κ3) is 4.90. The molecule has 5 heteroatoms. The number of likely N-dealkylation sites (N-methyl/N-ethyl adjacent to an activating group) is 1. The molecule has 1 fully saturated rings. The molecule has 1 aliphatic rings. The lowest BCUT2D eigenvalue weighted by Crippen LogP contribution is -2.40. The van der Waals surface area contributed by atoms with Crippen molar-refractivity contribution in [3.05, 3.63) is 0 Å². The predicted molar refractivity (Wildman–Crippen MR) is 57.8 cm³/mol. The van der Waals surface area contributed by atoms with Crippen LogP contribution >= 0.6 is 0 Å². The molecule has 1 unspecified atom stereocenters. The molecule has 1 N–H and O–H groups in total. The van der Waals surface area contributed by atoms with E-state index < -0.39 is 0 Å². The molecular weight excluding hydrogens is 196 g/mol. The van der Waals surface area contributed by atoms with Crippen LogP contribution in [0.4, 0.5) is 0 Å². The molecule has 1 aliphatic heterocycles. The molecule has 15 heavy (non-hydrogen) atoms. The summed E-state index contributed by atoms with van der Waals surface area (Å²) in [6.07, 6.45) is -0.189. The number of hydrogen-bond donors (Lipinski definition) is 1. The second-order valence-electron chi connectivity index (χ2n) is 3.93. The minimum Gasteiger partial charge on any atom is -0.392 e. The van der Waals surface area contributed by atoms with Crippen molar-refractivity contribution in [2.24, 2.45) is 0 Å². The maximum Gasteiger partial charge on any atom is 0.133 e. The van der Waals surface area contributed by atoms with Gasteiger partial charge >= 0.3 is 0 Å². The summed E-state index contributed by atoms with van der Waals surface area (Å²) >= 11 is 0. The Morgan fingerprint density at radius 1 is 1.40 bits per heavy atom. The van der Waals surface area contributed by atoms with Gasteiger partial charge < -0.3 is 14.6 Å². The first-order chi connectivity index (χ1) is 7.24. The first-order valence-corrected chi connectivity index (χ1v) is 5.43. The molecule has 0 aromatic rings. The molecule has 1 heterocycles. The Bertz CT molecular complexity index is 161. The highest BCUT2D eigenvalue weighted by atomic mass is 16.5. The second-order valence-corrected chi connectivity index (χ2v) is 3.93. The van der Waals surface area contributed by atoms with E-state index in [1.54, 1.807) is 0 Å². The number of ether oxygens (including phenoxy) is 2. The van der Waals surface area contributed by atoms with E-state index in [9.17, 15) is 0 Å². The van der Waals surface area contributed by atoms with E-state index in [1.807, 2.05) is 19.0 Å². The molecule has 90 valence electrons. The number of nitrogens with zero attached hydrogens (tertiary/aromatic N) is 2. The summed E-state index contributed by atoms with van der Waals surface area (Å²) in [5, 5.41) is 9.03. The topological polar surface area (TPSA) is 45.2 Å². The van der Waals surface area contributed by atoms with Crippen LogP contribution in [0.3, 0.4) is 0 Å². The van der Waals surface area contributed by atoms with Crippen molar-refractivity contribution in [1.29, 1.82) is 0 Å². The van der Waals surface area contributed by atoms with Crippen molar-refractivity contribution >= 4 is 0 Å². The van der Waals surface area contributed by atoms with Crippen LogP contribution in [0.25, 0.3) is 0 Å². The van der Waals surface area contributed by atoms with Crippen molar-refractivity contribution < 1.29 is 14.6 Å². The fraction of sp³-hybridized carbons (Fsp3) is 1.00. The van der Waals surface area contributed by atoms with Crippen LogP contribution in [0.15, 0.2) is 0 Å². The molecule has 5 nitrogen and oxygen atoms in total. The van der Waals surface area contributed by atoms with Gasteiger partial charge in [0.15, 0.2) is 0 Å². The summed E-state index contributed by atoms with van der Waals surface area (Å²) in [6.45, 7) is 5.20. The van der Waals surface area contributed by atoms with Gasteiger partial charge in [-0.25, -0.2) is 0 Å². The standard InChI is InChI=1S/C10H22N2O3/c1-11(2)10(9-13)15-8-5-12-3-6-14-7-4-12/h10,13H,3-9H2,1-2H3. The Hall–Kier alpha value is -0.200. The molecule has 0 aromatic carbocycles. The van der Waals surface area contributed by atoms with Crippen molar-refractivity contribution in [3.8, 4) is 0 Å². The molecule has 0 amide bonds. The van der Waals surface area contributed by atoms with Crippen molar-refractivity contribution in [2.45, 2.75) is 6.23 Å². The van der Waals surface area contributed by atoms with Gasteiger partial charge in [-0.3, -0.25) is 9.80 Å². The molecule has 0 aliphatic carbocycles. The average molecular weight is 218 g/mol. The van der Waals surface area contributed by atoms with Crippen molar-refractivity contribution in [1.82, 2.24) is 9.80 Å². The zero-order chi connectivity index (χ0) is 11.1. The third-order valence-corrected chi connectivity index (χ3v) is 2.55. The van der Waals surface area contributed by atoms with Gasteiger partial charge in [0.25, 0.3) is 0 Å². The number of aliphatic hydroxyl groups excluding tert-OH is 1. The van der Waals surface area contributed by atoms with Gasteiger partial charge in [-0.2, -0.15) is 0 Å². The first-order valence-electron chi connectivity index (χ1n) is 5.43. The molecule has 1 rings (SSSR count). The van der Waals surface area contributed by atoms with Crippen LogP contribution in [0, 0.1) is 0 Å². The summed E-state index contributed by atoms with van der Waals surface area (Å²) in [5.41, 5.74) is 0.